The molecule has 39 heavy (non-hydrogen) atoms. The van der Waals surface area contributed by atoms with Crippen LogP contribution in [0.15, 0.2) is 48.8 Å². The summed E-state index contributed by atoms with van der Waals surface area (Å²) in [7, 11) is -4.38. The number of aliphatic hydroxyl groups excluding tert-OH is 2. The number of ether oxygens (including phenoxy) is 1. The van der Waals surface area contributed by atoms with E-state index in [4.69, 9.17) is 31.1 Å². The van der Waals surface area contributed by atoms with Gasteiger partial charge in [-0.15, -0.1) is 0 Å². The Morgan fingerprint density at radius 1 is 1.23 bits per heavy atom. The van der Waals surface area contributed by atoms with Crippen molar-refractivity contribution >= 4 is 53.1 Å². The first-order valence-electron chi connectivity index (χ1n) is 11.7. The molecule has 0 radical (unpaired) electrons. The van der Waals surface area contributed by atoms with Crippen molar-refractivity contribution in [3.8, 4) is 5.75 Å². The fourth-order valence-corrected chi connectivity index (χ4v) is 5.95. The molecule has 0 aliphatic carbocycles. The Labute approximate surface area is 225 Å². The predicted molar refractivity (Wildman–Crippen MR) is 139 cm³/mol. The predicted octanol–water partition coefficient (Wildman–Crippen LogP) is 2.10. The van der Waals surface area contributed by atoms with E-state index in [0.717, 1.165) is 5.39 Å². The Balaban J connectivity index is 1.39. The number of anilines is 1. The second kappa shape index (κ2) is 10.7. The molecule has 206 valence electrons. The number of aromatic nitrogens is 4. The van der Waals surface area contributed by atoms with Crippen LogP contribution in [0, 0.1) is 0 Å². The molecular weight excluding hydrogens is 555 g/mol. The Morgan fingerprint density at radius 2 is 1.97 bits per heavy atom. The lowest BCUT2D eigenvalue weighted by Crippen LogP contribution is -2.36. The van der Waals surface area contributed by atoms with E-state index < -0.39 is 50.9 Å². The molecule has 1 aliphatic heterocycles. The molecule has 2 aromatic heterocycles. The summed E-state index contributed by atoms with van der Waals surface area (Å²) in [4.78, 5) is 23.5. The number of benzene rings is 2. The van der Waals surface area contributed by atoms with E-state index in [9.17, 15) is 24.7 Å². The molecule has 1 saturated heterocycles. The summed E-state index contributed by atoms with van der Waals surface area (Å²) >= 11 is 6.25. The zero-order valence-corrected chi connectivity index (χ0v) is 21.9. The van der Waals surface area contributed by atoms with Crippen molar-refractivity contribution < 1.29 is 38.5 Å². The first-order valence-corrected chi connectivity index (χ1v) is 13.6. The van der Waals surface area contributed by atoms with Crippen molar-refractivity contribution in [2.75, 3.05) is 12.3 Å². The van der Waals surface area contributed by atoms with Crippen LogP contribution in [0.25, 0.3) is 21.9 Å². The van der Waals surface area contributed by atoms with Crippen LogP contribution in [0.5, 0.6) is 5.75 Å². The van der Waals surface area contributed by atoms with Gasteiger partial charge in [0, 0.05) is 5.39 Å². The summed E-state index contributed by atoms with van der Waals surface area (Å²) in [5.41, 5.74) is 6.16. The van der Waals surface area contributed by atoms with Gasteiger partial charge in [0.2, 0.25) is 5.28 Å². The van der Waals surface area contributed by atoms with Crippen LogP contribution >= 0.6 is 19.3 Å². The minimum atomic E-state index is -4.38. The van der Waals surface area contributed by atoms with Gasteiger partial charge in [-0.2, -0.15) is 5.09 Å². The van der Waals surface area contributed by atoms with Gasteiger partial charge in [-0.05, 0) is 30.0 Å². The molecule has 2 aromatic carbocycles. The van der Waals surface area contributed by atoms with Crippen LogP contribution < -0.4 is 15.3 Å². The van der Waals surface area contributed by atoms with Crippen LogP contribution in [0.1, 0.15) is 13.2 Å². The number of fused-ring (bicyclic) bond motifs is 2. The molecule has 0 bridgehead atoms. The minimum Gasteiger partial charge on any atom is -0.480 e. The van der Waals surface area contributed by atoms with E-state index >= 15 is 0 Å². The highest BCUT2D eigenvalue weighted by atomic mass is 35.5. The highest BCUT2D eigenvalue weighted by Crippen LogP contribution is 2.47. The molecule has 4 aromatic rings. The quantitative estimate of drug-likeness (QED) is 0.143. The number of nitrogens with one attached hydrogen (secondary N) is 1. The molecule has 2 unspecified atom stereocenters. The molecule has 6 N–H and O–H groups in total. The van der Waals surface area contributed by atoms with E-state index in [1.54, 1.807) is 24.3 Å². The summed E-state index contributed by atoms with van der Waals surface area (Å²) in [6.45, 7) is 0.711. The van der Waals surface area contributed by atoms with E-state index in [-0.39, 0.29) is 28.0 Å². The van der Waals surface area contributed by atoms with Crippen LogP contribution in [-0.2, 0) is 18.6 Å². The number of halogens is 1. The van der Waals surface area contributed by atoms with Crippen LogP contribution in [0.2, 0.25) is 5.28 Å². The number of nitrogen functional groups attached to an aromatic ring is 1. The van der Waals surface area contributed by atoms with Gasteiger partial charge in [0.05, 0.1) is 6.61 Å². The molecular formula is C23H24ClN6O8P. The van der Waals surface area contributed by atoms with E-state index in [1.807, 2.05) is 18.2 Å². The van der Waals surface area contributed by atoms with Crippen molar-refractivity contribution in [2.24, 2.45) is 0 Å². The minimum absolute atomic E-state index is 0.0544. The van der Waals surface area contributed by atoms with Crippen LogP contribution in [0.3, 0.4) is 0 Å². The molecule has 5 rings (SSSR count). The maximum atomic E-state index is 13.8. The van der Waals surface area contributed by atoms with Crippen molar-refractivity contribution in [3.05, 3.63) is 54.1 Å². The van der Waals surface area contributed by atoms with Gasteiger partial charge in [-0.25, -0.2) is 19.5 Å². The number of carboxylic acids is 1. The van der Waals surface area contributed by atoms with Crippen molar-refractivity contribution in [1.29, 1.82) is 0 Å². The summed E-state index contributed by atoms with van der Waals surface area (Å²) in [5, 5.41) is 34.5. The lowest BCUT2D eigenvalue weighted by atomic mass is 10.1. The molecule has 6 atom stereocenters. The Bertz CT molecular complexity index is 1580. The third kappa shape index (κ3) is 5.28. The maximum Gasteiger partial charge on any atom is 0.459 e. The van der Waals surface area contributed by atoms with Crippen molar-refractivity contribution in [3.63, 3.8) is 0 Å². The summed E-state index contributed by atoms with van der Waals surface area (Å²) < 4.78 is 32.1. The highest BCUT2D eigenvalue weighted by Gasteiger charge is 2.46. The summed E-state index contributed by atoms with van der Waals surface area (Å²) in [5.74, 6) is -1.06. The van der Waals surface area contributed by atoms with Gasteiger partial charge in [0.15, 0.2) is 23.2 Å². The smallest absolute Gasteiger partial charge is 0.459 e. The van der Waals surface area contributed by atoms with Gasteiger partial charge in [0.25, 0.3) is 0 Å². The number of nitrogens with zero attached hydrogens (tertiary/aromatic N) is 4. The molecule has 0 spiro atoms. The highest BCUT2D eigenvalue weighted by molar-refractivity contribution is 7.52. The molecule has 0 amide bonds. The number of rotatable bonds is 9. The third-order valence-electron chi connectivity index (χ3n) is 6.15. The molecule has 3 heterocycles. The first kappa shape index (κ1) is 27.2. The zero-order valence-electron chi connectivity index (χ0n) is 20.3. The monoisotopic (exact) mass is 578 g/mol. The number of hydrogen-bond donors (Lipinski definition) is 5. The Hall–Kier alpha value is -3.36. The molecule has 16 heteroatoms. The largest absolute Gasteiger partial charge is 0.480 e. The van der Waals surface area contributed by atoms with Gasteiger partial charge in [-0.1, -0.05) is 36.4 Å². The van der Waals surface area contributed by atoms with Gasteiger partial charge < -0.3 is 30.3 Å². The fourth-order valence-electron chi connectivity index (χ4n) is 4.16. The number of aliphatic hydroxyl groups is 2. The van der Waals surface area contributed by atoms with Gasteiger partial charge in [-0.3, -0.25) is 13.9 Å². The standard InChI is InChI=1S/C23H24ClN6O8P/c1-11(22(33)34)29-39(35,38-14-8-4-6-12-5-2-3-7-13(12)14)36-9-15-17(31)18(32)21(37-15)30-20-16(28-23(30)24)19(25)26-10-27-20/h2-8,10-11,15,17-18,21,31-32H,9H2,1H3,(H,29,35)(H,33,34)(H2,25,26,27)/t11?,15-,17-,18-,21-,39?/m1/s1. The lowest BCUT2D eigenvalue weighted by molar-refractivity contribution is -0.138. The topological polar surface area (TPSA) is 204 Å². The molecule has 1 fully saturated rings. The third-order valence-corrected chi connectivity index (χ3v) is 8.05. The molecule has 1 aliphatic rings. The van der Waals surface area contributed by atoms with E-state index in [2.05, 4.69) is 20.0 Å². The van der Waals surface area contributed by atoms with Gasteiger partial charge in [0.1, 0.15) is 36.4 Å². The van der Waals surface area contributed by atoms with Crippen molar-refractivity contribution in [1.82, 2.24) is 24.6 Å². The normalized spacial score (nSPS) is 23.6. The molecule has 0 saturated carbocycles. The Kier molecular flexibility index (Phi) is 7.44. The summed E-state index contributed by atoms with van der Waals surface area (Å²) in [6, 6.07) is 10.9. The van der Waals surface area contributed by atoms with Crippen LogP contribution in [0.4, 0.5) is 5.82 Å². The maximum absolute atomic E-state index is 13.8. The number of aliphatic carboxylic acids is 1. The number of carboxylic acid groups (broad SMARTS) is 1. The SMILES string of the molecule is CC(NP(=O)(OC[C@H]1O[C@@H](n2c(Cl)nc3c(N)ncnc32)[C@H](O)[C@@H]1O)Oc1cccc2ccccc12)C(=O)O. The zero-order chi connectivity index (χ0) is 27.9. The number of imidazole rings is 1. The number of nitrogens with two attached hydrogens (primary N) is 1. The Morgan fingerprint density at radius 3 is 2.74 bits per heavy atom. The average Bonchev–Trinajstić information content (AvgIpc) is 3.38. The van der Waals surface area contributed by atoms with E-state index in [0.29, 0.717) is 5.39 Å². The average molecular weight is 579 g/mol. The lowest BCUT2D eigenvalue weighted by Gasteiger charge is -2.24. The summed E-state index contributed by atoms with van der Waals surface area (Å²) in [6.07, 6.45) is -4.35. The van der Waals surface area contributed by atoms with E-state index in [1.165, 1.54) is 17.8 Å². The number of carbonyl (C=O) groups is 1. The molecule has 14 nitrogen and oxygen atoms in total. The first-order chi connectivity index (χ1) is 18.6. The second-order valence-corrected chi connectivity index (χ2v) is 10.8. The fraction of sp³-hybridized carbons (Fsp3) is 0.304. The van der Waals surface area contributed by atoms with Gasteiger partial charge >= 0.3 is 13.7 Å². The van der Waals surface area contributed by atoms with Crippen LogP contribution in [-0.4, -0.2) is 71.8 Å². The number of hydrogen-bond acceptors (Lipinski definition) is 11. The van der Waals surface area contributed by atoms with Crippen molar-refractivity contribution in [2.45, 2.75) is 37.5 Å². The second-order valence-electron chi connectivity index (χ2n) is 8.78.